The van der Waals surface area contributed by atoms with E-state index in [1.54, 1.807) is 30.3 Å². The van der Waals surface area contributed by atoms with Crippen LogP contribution in [0.15, 0.2) is 29.2 Å². The minimum absolute atomic E-state index is 0.0239. The summed E-state index contributed by atoms with van der Waals surface area (Å²) in [7, 11) is 0. The van der Waals surface area contributed by atoms with Gasteiger partial charge in [0.2, 0.25) is 0 Å². The lowest BCUT2D eigenvalue weighted by molar-refractivity contribution is -0.150. The van der Waals surface area contributed by atoms with Crippen molar-refractivity contribution in [2.24, 2.45) is 0 Å². The number of hydrogen-bond acceptors (Lipinski definition) is 6. The monoisotopic (exact) mass is 381 g/mol. The summed E-state index contributed by atoms with van der Waals surface area (Å²) < 4.78 is 5.36. The quantitative estimate of drug-likeness (QED) is 0.547. The van der Waals surface area contributed by atoms with Crippen LogP contribution in [0.4, 0.5) is 0 Å². The molecule has 25 heavy (non-hydrogen) atoms. The van der Waals surface area contributed by atoms with Gasteiger partial charge in [-0.05, 0) is 30.7 Å². The van der Waals surface area contributed by atoms with E-state index in [0.29, 0.717) is 17.9 Å². The Morgan fingerprint density at radius 3 is 2.48 bits per heavy atom. The third kappa shape index (κ3) is 4.58. The number of amides is 1. The van der Waals surface area contributed by atoms with E-state index in [2.05, 4.69) is 0 Å². The van der Waals surface area contributed by atoms with E-state index in [0.717, 1.165) is 16.7 Å². The maximum absolute atomic E-state index is 12.5. The first-order valence-corrected chi connectivity index (χ1v) is 8.50. The molecular weight excluding hydrogens is 366 g/mol. The van der Waals surface area contributed by atoms with Crippen LogP contribution in [0.1, 0.15) is 18.9 Å². The second kappa shape index (κ2) is 8.13. The lowest BCUT2D eigenvalue weighted by Gasteiger charge is -2.21. The Hall–Kier alpha value is -2.39. The fourth-order valence-electron chi connectivity index (χ4n) is 2.18. The van der Waals surface area contributed by atoms with Crippen LogP contribution in [-0.2, 0) is 14.4 Å². The second-order valence-electron chi connectivity index (χ2n) is 5.01. The zero-order valence-corrected chi connectivity index (χ0v) is 14.8. The molecule has 0 radical (unpaired) electrons. The number of ether oxygens (including phenoxy) is 1. The number of carbonyl (C=O) groups excluding carboxylic acids is 1. The Kier molecular flexibility index (Phi) is 6.16. The van der Waals surface area contributed by atoms with Crippen molar-refractivity contribution >= 4 is 52.2 Å². The summed E-state index contributed by atoms with van der Waals surface area (Å²) in [5, 5.41) is 18.1. The molecule has 0 unspecified atom stereocenters. The predicted molar refractivity (Wildman–Crippen MR) is 96.3 cm³/mol. The molecule has 9 heteroatoms. The van der Waals surface area contributed by atoms with Gasteiger partial charge >= 0.3 is 11.9 Å². The predicted octanol–water partition coefficient (Wildman–Crippen LogP) is 2.21. The minimum Gasteiger partial charge on any atom is -0.494 e. The van der Waals surface area contributed by atoms with Gasteiger partial charge in [-0.3, -0.25) is 14.5 Å². The standard InChI is InChI=1S/C16H15NO6S2/c1-2-23-10-5-3-9(4-6-10)7-12-14(20)17(16(24)25-12)11(15(21)22)8-13(18)19/h3-7,11H,2,8H2,1H3,(H,18,19)(H,21,22)/b12-7+/t11-/m0/s1. The first-order chi connectivity index (χ1) is 11.8. The number of carboxylic acids is 2. The Morgan fingerprint density at radius 2 is 1.96 bits per heavy atom. The maximum Gasteiger partial charge on any atom is 0.327 e. The zero-order chi connectivity index (χ0) is 18.6. The largest absolute Gasteiger partial charge is 0.494 e. The van der Waals surface area contributed by atoms with Crippen LogP contribution in [0.2, 0.25) is 0 Å². The molecule has 0 aromatic heterocycles. The van der Waals surface area contributed by atoms with Crippen molar-refractivity contribution in [1.82, 2.24) is 4.90 Å². The Bertz CT molecular complexity index is 743. The molecule has 2 rings (SSSR count). The Labute approximate surface area is 153 Å². The number of rotatable bonds is 7. The number of nitrogens with zero attached hydrogens (tertiary/aromatic N) is 1. The highest BCUT2D eigenvalue weighted by atomic mass is 32.2. The summed E-state index contributed by atoms with van der Waals surface area (Å²) in [5.74, 6) is -2.66. The first-order valence-electron chi connectivity index (χ1n) is 7.28. The van der Waals surface area contributed by atoms with E-state index in [-0.39, 0.29) is 9.23 Å². The van der Waals surface area contributed by atoms with E-state index in [9.17, 15) is 19.5 Å². The fourth-order valence-corrected chi connectivity index (χ4v) is 3.54. The smallest absolute Gasteiger partial charge is 0.327 e. The summed E-state index contributed by atoms with van der Waals surface area (Å²) in [6.45, 7) is 2.41. The molecule has 0 aliphatic carbocycles. The molecule has 1 amide bonds. The van der Waals surface area contributed by atoms with Crippen molar-refractivity contribution < 1.29 is 29.3 Å². The first kappa shape index (κ1) is 18.9. The van der Waals surface area contributed by atoms with Crippen molar-refractivity contribution in [2.75, 3.05) is 6.61 Å². The molecule has 1 aromatic rings. The maximum atomic E-state index is 12.5. The summed E-state index contributed by atoms with van der Waals surface area (Å²) >= 11 is 6.01. The van der Waals surface area contributed by atoms with Gasteiger partial charge in [0.15, 0.2) is 0 Å². The molecule has 7 nitrogen and oxygen atoms in total. The van der Waals surface area contributed by atoms with Gasteiger partial charge in [-0.2, -0.15) is 0 Å². The van der Waals surface area contributed by atoms with E-state index in [1.807, 2.05) is 6.92 Å². The summed E-state index contributed by atoms with van der Waals surface area (Å²) in [6.07, 6.45) is 0.854. The fraction of sp³-hybridized carbons (Fsp3) is 0.250. The molecule has 0 spiro atoms. The van der Waals surface area contributed by atoms with Crippen molar-refractivity contribution in [1.29, 1.82) is 0 Å². The molecule has 132 valence electrons. The van der Waals surface area contributed by atoms with Gasteiger partial charge in [-0.15, -0.1) is 0 Å². The molecule has 1 aliphatic rings. The number of carbonyl (C=O) groups is 3. The van der Waals surface area contributed by atoms with E-state index in [4.69, 9.17) is 22.1 Å². The third-order valence-electron chi connectivity index (χ3n) is 3.28. The summed E-state index contributed by atoms with van der Waals surface area (Å²) in [5.41, 5.74) is 0.717. The van der Waals surface area contributed by atoms with Gasteiger partial charge in [-0.25, -0.2) is 4.79 Å². The van der Waals surface area contributed by atoms with E-state index < -0.39 is 30.3 Å². The van der Waals surface area contributed by atoms with Crippen LogP contribution in [0, 0.1) is 0 Å². The SMILES string of the molecule is CCOc1ccc(/C=C2/SC(=S)N([C@@H](CC(=O)O)C(=O)O)C2=O)cc1. The number of aliphatic carboxylic acids is 2. The topological polar surface area (TPSA) is 104 Å². The summed E-state index contributed by atoms with van der Waals surface area (Å²) in [4.78, 5) is 35.8. The van der Waals surface area contributed by atoms with Crippen LogP contribution in [-0.4, -0.2) is 49.9 Å². The highest BCUT2D eigenvalue weighted by Crippen LogP contribution is 2.34. The highest BCUT2D eigenvalue weighted by molar-refractivity contribution is 8.26. The zero-order valence-electron chi connectivity index (χ0n) is 13.2. The Balaban J connectivity index is 2.24. The van der Waals surface area contributed by atoms with Gasteiger partial charge < -0.3 is 14.9 Å². The number of benzene rings is 1. The van der Waals surface area contributed by atoms with Crippen LogP contribution in [0.25, 0.3) is 6.08 Å². The molecule has 0 bridgehead atoms. The summed E-state index contributed by atoms with van der Waals surface area (Å²) in [6, 6.07) is 5.48. The van der Waals surface area contributed by atoms with Crippen LogP contribution in [0.5, 0.6) is 5.75 Å². The molecular formula is C16H15NO6S2. The van der Waals surface area contributed by atoms with Crippen LogP contribution in [0.3, 0.4) is 0 Å². The average Bonchev–Trinajstić information content (AvgIpc) is 2.81. The third-order valence-corrected chi connectivity index (χ3v) is 4.61. The molecule has 1 saturated heterocycles. The number of thiocarbonyl (C=S) groups is 1. The van der Waals surface area contributed by atoms with Crippen molar-refractivity contribution in [3.63, 3.8) is 0 Å². The molecule has 1 aliphatic heterocycles. The molecule has 1 heterocycles. The van der Waals surface area contributed by atoms with Crippen molar-refractivity contribution in [2.45, 2.75) is 19.4 Å². The van der Waals surface area contributed by atoms with Gasteiger partial charge in [0.25, 0.3) is 5.91 Å². The molecule has 0 saturated carbocycles. The van der Waals surface area contributed by atoms with Gasteiger partial charge in [-0.1, -0.05) is 36.1 Å². The van der Waals surface area contributed by atoms with Crippen molar-refractivity contribution in [3.8, 4) is 5.75 Å². The second-order valence-corrected chi connectivity index (χ2v) is 6.68. The van der Waals surface area contributed by atoms with Crippen molar-refractivity contribution in [3.05, 3.63) is 34.7 Å². The number of hydrogen-bond donors (Lipinski definition) is 2. The average molecular weight is 381 g/mol. The minimum atomic E-state index is -1.53. The van der Waals surface area contributed by atoms with Gasteiger partial charge in [0.05, 0.1) is 17.9 Å². The van der Waals surface area contributed by atoms with Gasteiger partial charge in [0, 0.05) is 0 Å². The Morgan fingerprint density at radius 1 is 1.32 bits per heavy atom. The normalized spacial score (nSPS) is 17.0. The molecule has 2 N–H and O–H groups in total. The van der Waals surface area contributed by atoms with E-state index in [1.165, 1.54) is 0 Å². The molecule has 1 fully saturated rings. The van der Waals surface area contributed by atoms with Gasteiger partial charge in [0.1, 0.15) is 16.1 Å². The lowest BCUT2D eigenvalue weighted by atomic mass is 10.1. The van der Waals surface area contributed by atoms with E-state index >= 15 is 0 Å². The lowest BCUT2D eigenvalue weighted by Crippen LogP contribution is -2.45. The molecule has 1 atom stereocenters. The highest BCUT2D eigenvalue weighted by Gasteiger charge is 2.41. The number of carboxylic acid groups (broad SMARTS) is 2. The van der Waals surface area contributed by atoms with Crippen LogP contribution < -0.4 is 4.74 Å². The number of thioether (sulfide) groups is 1. The molecule has 1 aromatic carbocycles. The van der Waals surface area contributed by atoms with Crippen LogP contribution >= 0.6 is 24.0 Å².